The summed E-state index contributed by atoms with van der Waals surface area (Å²) in [6.07, 6.45) is 2.07. The Morgan fingerprint density at radius 3 is 2.94 bits per heavy atom. The van der Waals surface area contributed by atoms with E-state index >= 15 is 0 Å². The van der Waals surface area contributed by atoms with Gasteiger partial charge in [-0.3, -0.25) is 4.79 Å². The van der Waals surface area contributed by atoms with Crippen molar-refractivity contribution in [1.82, 2.24) is 0 Å². The van der Waals surface area contributed by atoms with E-state index in [-0.39, 0.29) is 0 Å². The molecule has 2 aromatic rings. The molecule has 5 nitrogen and oxygen atoms in total. The minimum atomic E-state index is -0.972. The zero-order chi connectivity index (χ0) is 13.1. The number of hydrogen-bond acceptors (Lipinski definition) is 4. The molecule has 1 unspecified atom stereocenters. The lowest BCUT2D eigenvalue weighted by atomic mass is 10.2. The Labute approximate surface area is 105 Å². The topological polar surface area (TPSA) is 79.7 Å². The summed E-state index contributed by atoms with van der Waals surface area (Å²) in [5.41, 5.74) is 7.25. The number of anilines is 1. The van der Waals surface area contributed by atoms with Gasteiger partial charge in [0.05, 0.1) is 5.69 Å². The van der Waals surface area contributed by atoms with Crippen LogP contribution in [0.5, 0.6) is 0 Å². The Bertz CT molecular complexity index is 550. The second-order valence-electron chi connectivity index (χ2n) is 4.27. The SMILES string of the molecule is CN(CCC(N)C(=O)O)c1coc2ccccc12. The number of rotatable bonds is 5. The lowest BCUT2D eigenvalue weighted by Crippen LogP contribution is -2.34. The molecule has 0 aliphatic rings. The van der Waals surface area contributed by atoms with Crippen molar-refractivity contribution < 1.29 is 14.3 Å². The number of aliphatic carboxylic acids is 1. The predicted octanol–water partition coefficient (Wildman–Crippen LogP) is 1.67. The molecular formula is C13H16N2O3. The van der Waals surface area contributed by atoms with Gasteiger partial charge in [0, 0.05) is 19.0 Å². The van der Waals surface area contributed by atoms with Gasteiger partial charge in [0.25, 0.3) is 0 Å². The standard InChI is InChI=1S/C13H16N2O3/c1-15(7-6-10(14)13(16)17)11-8-18-12-5-3-2-4-9(11)12/h2-5,8,10H,6-7,14H2,1H3,(H,16,17). The lowest BCUT2D eigenvalue weighted by molar-refractivity contribution is -0.138. The van der Waals surface area contributed by atoms with Crippen molar-refractivity contribution in [3.63, 3.8) is 0 Å². The monoisotopic (exact) mass is 248 g/mol. The number of nitrogens with two attached hydrogens (primary N) is 1. The number of carboxylic acids is 1. The summed E-state index contributed by atoms with van der Waals surface area (Å²) in [7, 11) is 1.89. The van der Waals surface area contributed by atoms with Gasteiger partial charge in [-0.1, -0.05) is 12.1 Å². The highest BCUT2D eigenvalue weighted by Crippen LogP contribution is 2.28. The van der Waals surface area contributed by atoms with Crippen LogP contribution in [0.1, 0.15) is 6.42 Å². The van der Waals surface area contributed by atoms with E-state index in [0.717, 1.165) is 16.7 Å². The van der Waals surface area contributed by atoms with Crippen LogP contribution in [0.25, 0.3) is 11.0 Å². The Morgan fingerprint density at radius 2 is 2.22 bits per heavy atom. The first-order valence-corrected chi connectivity index (χ1v) is 5.75. The van der Waals surface area contributed by atoms with Gasteiger partial charge >= 0.3 is 5.97 Å². The van der Waals surface area contributed by atoms with Crippen molar-refractivity contribution in [1.29, 1.82) is 0 Å². The quantitative estimate of drug-likeness (QED) is 0.841. The predicted molar refractivity (Wildman–Crippen MR) is 69.7 cm³/mol. The average molecular weight is 248 g/mol. The van der Waals surface area contributed by atoms with Crippen molar-refractivity contribution in [3.05, 3.63) is 30.5 Å². The number of para-hydroxylation sites is 1. The summed E-state index contributed by atoms with van der Waals surface area (Å²) >= 11 is 0. The molecule has 0 spiro atoms. The number of fused-ring (bicyclic) bond motifs is 1. The summed E-state index contributed by atoms with van der Waals surface area (Å²) < 4.78 is 5.44. The third-order valence-corrected chi connectivity index (χ3v) is 2.96. The highest BCUT2D eigenvalue weighted by atomic mass is 16.4. The number of furan rings is 1. The maximum Gasteiger partial charge on any atom is 0.320 e. The van der Waals surface area contributed by atoms with Gasteiger partial charge in [0.2, 0.25) is 0 Å². The fourth-order valence-corrected chi connectivity index (χ4v) is 1.84. The Kier molecular flexibility index (Phi) is 3.53. The van der Waals surface area contributed by atoms with Gasteiger partial charge in [-0.05, 0) is 18.6 Å². The molecule has 2 rings (SSSR count). The van der Waals surface area contributed by atoms with Crippen molar-refractivity contribution in [2.24, 2.45) is 5.73 Å². The number of benzene rings is 1. The van der Waals surface area contributed by atoms with Crippen LogP contribution in [0.2, 0.25) is 0 Å². The molecule has 0 bridgehead atoms. The molecule has 0 aliphatic heterocycles. The summed E-state index contributed by atoms with van der Waals surface area (Å²) in [6, 6.07) is 6.90. The smallest absolute Gasteiger partial charge is 0.320 e. The molecule has 0 saturated heterocycles. The van der Waals surface area contributed by atoms with E-state index in [2.05, 4.69) is 0 Å². The number of carbonyl (C=O) groups is 1. The van der Waals surface area contributed by atoms with Crippen molar-refractivity contribution >= 4 is 22.6 Å². The largest absolute Gasteiger partial charge is 0.480 e. The Hall–Kier alpha value is -2.01. The highest BCUT2D eigenvalue weighted by molar-refractivity contribution is 5.90. The van der Waals surface area contributed by atoms with E-state index in [4.69, 9.17) is 15.3 Å². The second-order valence-corrected chi connectivity index (χ2v) is 4.27. The summed E-state index contributed by atoms with van der Waals surface area (Å²) in [5, 5.41) is 9.75. The van der Waals surface area contributed by atoms with Crippen LogP contribution in [-0.2, 0) is 4.79 Å². The van der Waals surface area contributed by atoms with E-state index in [1.54, 1.807) is 6.26 Å². The molecule has 0 radical (unpaired) electrons. The minimum absolute atomic E-state index is 0.394. The van der Waals surface area contributed by atoms with E-state index < -0.39 is 12.0 Å². The van der Waals surface area contributed by atoms with Gasteiger partial charge in [0.15, 0.2) is 0 Å². The molecule has 0 saturated carbocycles. The summed E-state index contributed by atoms with van der Waals surface area (Å²) in [6.45, 7) is 0.566. The Balaban J connectivity index is 2.09. The first kappa shape index (κ1) is 12.4. The van der Waals surface area contributed by atoms with Crippen LogP contribution in [0.15, 0.2) is 34.9 Å². The van der Waals surface area contributed by atoms with Crippen molar-refractivity contribution in [3.8, 4) is 0 Å². The molecule has 1 atom stereocenters. The Morgan fingerprint density at radius 1 is 1.50 bits per heavy atom. The zero-order valence-corrected chi connectivity index (χ0v) is 10.2. The van der Waals surface area contributed by atoms with Crippen LogP contribution < -0.4 is 10.6 Å². The lowest BCUT2D eigenvalue weighted by Gasteiger charge is -2.18. The third-order valence-electron chi connectivity index (χ3n) is 2.96. The molecule has 1 aromatic carbocycles. The van der Waals surface area contributed by atoms with Crippen LogP contribution in [0.3, 0.4) is 0 Å². The van der Waals surface area contributed by atoms with Crippen LogP contribution in [0, 0.1) is 0 Å². The highest BCUT2D eigenvalue weighted by Gasteiger charge is 2.14. The fourth-order valence-electron chi connectivity index (χ4n) is 1.84. The second kappa shape index (κ2) is 5.10. The molecular weight excluding hydrogens is 232 g/mol. The van der Waals surface area contributed by atoms with E-state index in [1.165, 1.54) is 0 Å². The number of hydrogen-bond donors (Lipinski definition) is 2. The molecule has 0 aliphatic carbocycles. The summed E-state index contributed by atoms with van der Waals surface area (Å²) in [5.74, 6) is -0.972. The molecule has 1 heterocycles. The molecule has 5 heteroatoms. The third kappa shape index (κ3) is 2.46. The van der Waals surface area contributed by atoms with E-state index in [9.17, 15) is 4.79 Å². The molecule has 0 fully saturated rings. The molecule has 1 aromatic heterocycles. The van der Waals surface area contributed by atoms with Gasteiger partial charge in [-0.2, -0.15) is 0 Å². The van der Waals surface area contributed by atoms with Crippen LogP contribution >= 0.6 is 0 Å². The normalized spacial score (nSPS) is 12.6. The van der Waals surface area contributed by atoms with Crippen LogP contribution in [-0.4, -0.2) is 30.7 Å². The van der Waals surface area contributed by atoms with Gasteiger partial charge in [0.1, 0.15) is 17.9 Å². The molecule has 18 heavy (non-hydrogen) atoms. The number of nitrogens with zero attached hydrogens (tertiary/aromatic N) is 1. The molecule has 3 N–H and O–H groups in total. The van der Waals surface area contributed by atoms with Crippen molar-refractivity contribution in [2.45, 2.75) is 12.5 Å². The van der Waals surface area contributed by atoms with Gasteiger partial charge < -0.3 is 20.2 Å². The minimum Gasteiger partial charge on any atom is -0.480 e. The van der Waals surface area contributed by atoms with Crippen LogP contribution in [0.4, 0.5) is 5.69 Å². The first-order chi connectivity index (χ1) is 8.59. The van der Waals surface area contributed by atoms with Gasteiger partial charge in [-0.15, -0.1) is 0 Å². The van der Waals surface area contributed by atoms with Crippen molar-refractivity contribution in [2.75, 3.05) is 18.5 Å². The average Bonchev–Trinajstić information content (AvgIpc) is 2.79. The van der Waals surface area contributed by atoms with E-state index in [0.29, 0.717) is 13.0 Å². The zero-order valence-electron chi connectivity index (χ0n) is 10.2. The molecule has 96 valence electrons. The fraction of sp³-hybridized carbons (Fsp3) is 0.308. The van der Waals surface area contributed by atoms with Gasteiger partial charge in [-0.25, -0.2) is 0 Å². The number of carboxylic acid groups (broad SMARTS) is 1. The first-order valence-electron chi connectivity index (χ1n) is 5.75. The molecule has 0 amide bonds. The maximum absolute atomic E-state index is 10.6. The summed E-state index contributed by atoms with van der Waals surface area (Å²) in [4.78, 5) is 12.6. The van der Waals surface area contributed by atoms with E-state index in [1.807, 2.05) is 36.2 Å². The maximum atomic E-state index is 10.6.